The molecule has 2 rings (SSSR count). The van der Waals surface area contributed by atoms with E-state index in [4.69, 9.17) is 0 Å². The average Bonchev–Trinajstić information content (AvgIpc) is 2.75. The molecule has 5 nitrogen and oxygen atoms in total. The van der Waals surface area contributed by atoms with Crippen LogP contribution in [-0.4, -0.2) is 33.3 Å². The fraction of sp³-hybridized carbons (Fsp3) is 0.667. The lowest BCUT2D eigenvalue weighted by molar-refractivity contribution is -0.119. The summed E-state index contributed by atoms with van der Waals surface area (Å²) in [7, 11) is 0. The number of nitrogens with zero attached hydrogens (tertiary/aromatic N) is 4. The Morgan fingerprint density at radius 1 is 1.29 bits per heavy atom. The summed E-state index contributed by atoms with van der Waals surface area (Å²) in [5.74, 6) is 2.35. The molecule has 1 aliphatic heterocycles. The van der Waals surface area contributed by atoms with E-state index in [0.29, 0.717) is 24.0 Å². The third-order valence-corrected chi connectivity index (χ3v) is 3.08. The van der Waals surface area contributed by atoms with Gasteiger partial charge in [-0.25, -0.2) is 4.98 Å². The quantitative estimate of drug-likeness (QED) is 0.792. The highest BCUT2D eigenvalue weighted by Crippen LogP contribution is 2.23. The monoisotopic (exact) mass is 234 g/mol. The van der Waals surface area contributed by atoms with E-state index >= 15 is 0 Å². The maximum atomic E-state index is 11.9. The van der Waals surface area contributed by atoms with E-state index < -0.39 is 0 Å². The van der Waals surface area contributed by atoms with Crippen LogP contribution in [0.1, 0.15) is 37.8 Å². The van der Waals surface area contributed by atoms with Crippen molar-refractivity contribution in [3.63, 3.8) is 0 Å². The molecule has 0 radical (unpaired) electrons. The van der Waals surface area contributed by atoms with Gasteiger partial charge < -0.3 is 4.90 Å². The Bertz CT molecular complexity index is 412. The molecule has 0 bridgehead atoms. The number of carbonyl (C=O) groups is 1. The molecule has 1 unspecified atom stereocenters. The summed E-state index contributed by atoms with van der Waals surface area (Å²) >= 11 is 0. The Morgan fingerprint density at radius 2 is 1.94 bits per heavy atom. The minimum absolute atomic E-state index is 0.0406. The Labute approximate surface area is 101 Å². The van der Waals surface area contributed by atoms with E-state index in [0.717, 1.165) is 19.4 Å². The van der Waals surface area contributed by atoms with Crippen LogP contribution in [0.4, 0.5) is 5.95 Å². The number of carbonyl (C=O) groups excluding carboxylic acids is 1. The standard InChI is InChI=1S/C12H18N4O/c1-4-11(17)10-6-5-7-16(10)12-14-8(2)13-9(3)15-12/h10H,4-7H2,1-3H3. The summed E-state index contributed by atoms with van der Waals surface area (Å²) in [6, 6.07) is -0.0406. The first-order chi connectivity index (χ1) is 8.11. The molecule has 1 atom stereocenters. The molecule has 0 saturated carbocycles. The molecular formula is C12H18N4O. The number of ketones is 1. The highest BCUT2D eigenvalue weighted by atomic mass is 16.1. The van der Waals surface area contributed by atoms with Gasteiger partial charge in [0.1, 0.15) is 11.6 Å². The van der Waals surface area contributed by atoms with Crippen LogP contribution in [0, 0.1) is 13.8 Å². The summed E-state index contributed by atoms with van der Waals surface area (Å²) in [4.78, 5) is 26.7. The summed E-state index contributed by atoms with van der Waals surface area (Å²) in [5.41, 5.74) is 0. The van der Waals surface area contributed by atoms with Crippen LogP contribution >= 0.6 is 0 Å². The summed E-state index contributed by atoms with van der Waals surface area (Å²) < 4.78 is 0. The topological polar surface area (TPSA) is 59.0 Å². The number of Topliss-reactive ketones (excluding diaryl/α,β-unsaturated/α-hetero) is 1. The van der Waals surface area contributed by atoms with Gasteiger partial charge in [-0.1, -0.05) is 6.92 Å². The molecule has 5 heteroatoms. The van der Waals surface area contributed by atoms with Gasteiger partial charge in [-0.15, -0.1) is 0 Å². The number of rotatable bonds is 3. The van der Waals surface area contributed by atoms with E-state index in [2.05, 4.69) is 15.0 Å². The highest BCUT2D eigenvalue weighted by Gasteiger charge is 2.31. The van der Waals surface area contributed by atoms with Crippen molar-refractivity contribution < 1.29 is 4.79 Å². The van der Waals surface area contributed by atoms with Crippen LogP contribution in [0.5, 0.6) is 0 Å². The largest absolute Gasteiger partial charge is 0.331 e. The van der Waals surface area contributed by atoms with Crippen molar-refractivity contribution in [3.8, 4) is 0 Å². The zero-order valence-corrected chi connectivity index (χ0v) is 10.6. The molecule has 0 amide bonds. The van der Waals surface area contributed by atoms with Gasteiger partial charge in [0.15, 0.2) is 5.78 Å². The smallest absolute Gasteiger partial charge is 0.229 e. The van der Waals surface area contributed by atoms with Crippen LogP contribution in [0.25, 0.3) is 0 Å². The first kappa shape index (κ1) is 12.0. The van der Waals surface area contributed by atoms with Gasteiger partial charge in [0, 0.05) is 13.0 Å². The fourth-order valence-corrected chi connectivity index (χ4v) is 2.30. The Morgan fingerprint density at radius 3 is 2.53 bits per heavy atom. The highest BCUT2D eigenvalue weighted by molar-refractivity contribution is 5.87. The van der Waals surface area contributed by atoms with E-state index in [1.807, 2.05) is 25.7 Å². The second kappa shape index (κ2) is 4.77. The second-order valence-electron chi connectivity index (χ2n) is 4.40. The molecule has 0 spiro atoms. The number of hydrogen-bond acceptors (Lipinski definition) is 5. The maximum absolute atomic E-state index is 11.9. The van der Waals surface area contributed by atoms with Gasteiger partial charge in [0.2, 0.25) is 5.95 Å². The van der Waals surface area contributed by atoms with Gasteiger partial charge in [0.05, 0.1) is 6.04 Å². The minimum atomic E-state index is -0.0406. The maximum Gasteiger partial charge on any atom is 0.229 e. The van der Waals surface area contributed by atoms with Crippen molar-refractivity contribution >= 4 is 11.7 Å². The number of anilines is 1. The molecular weight excluding hydrogens is 216 g/mol. The summed E-state index contributed by atoms with van der Waals surface area (Å²) in [6.07, 6.45) is 2.51. The van der Waals surface area contributed by atoms with Crippen LogP contribution < -0.4 is 4.90 Å². The number of aromatic nitrogens is 3. The Kier molecular flexibility index (Phi) is 3.36. The van der Waals surface area contributed by atoms with Crippen molar-refractivity contribution in [2.75, 3.05) is 11.4 Å². The van der Waals surface area contributed by atoms with Crippen LogP contribution in [0.2, 0.25) is 0 Å². The van der Waals surface area contributed by atoms with Crippen molar-refractivity contribution in [2.45, 2.75) is 46.1 Å². The van der Waals surface area contributed by atoms with Gasteiger partial charge >= 0.3 is 0 Å². The zero-order chi connectivity index (χ0) is 12.4. The molecule has 1 fully saturated rings. The molecule has 0 N–H and O–H groups in total. The van der Waals surface area contributed by atoms with Crippen molar-refractivity contribution in [3.05, 3.63) is 11.6 Å². The first-order valence-electron chi connectivity index (χ1n) is 6.10. The number of aryl methyl sites for hydroxylation is 2. The molecule has 1 saturated heterocycles. The van der Waals surface area contributed by atoms with Crippen LogP contribution in [-0.2, 0) is 4.79 Å². The molecule has 0 aliphatic carbocycles. The molecule has 0 aromatic carbocycles. The number of hydrogen-bond donors (Lipinski definition) is 0. The lowest BCUT2D eigenvalue weighted by Gasteiger charge is -2.23. The minimum Gasteiger partial charge on any atom is -0.331 e. The molecule has 92 valence electrons. The van der Waals surface area contributed by atoms with Crippen molar-refractivity contribution in [1.82, 2.24) is 15.0 Å². The lowest BCUT2D eigenvalue weighted by Crippen LogP contribution is -2.37. The predicted octanol–water partition coefficient (Wildman–Crippen LogP) is 1.44. The second-order valence-corrected chi connectivity index (χ2v) is 4.40. The van der Waals surface area contributed by atoms with Crippen molar-refractivity contribution in [1.29, 1.82) is 0 Å². The van der Waals surface area contributed by atoms with Gasteiger partial charge in [-0.05, 0) is 26.7 Å². The van der Waals surface area contributed by atoms with Crippen LogP contribution in [0.3, 0.4) is 0 Å². The first-order valence-corrected chi connectivity index (χ1v) is 6.10. The zero-order valence-electron chi connectivity index (χ0n) is 10.6. The van der Waals surface area contributed by atoms with E-state index in [-0.39, 0.29) is 11.8 Å². The Hall–Kier alpha value is -1.52. The summed E-state index contributed by atoms with van der Waals surface area (Å²) in [5, 5.41) is 0. The van der Waals surface area contributed by atoms with E-state index in [1.165, 1.54) is 0 Å². The van der Waals surface area contributed by atoms with E-state index in [9.17, 15) is 4.79 Å². The molecule has 1 aliphatic rings. The third-order valence-electron chi connectivity index (χ3n) is 3.08. The normalized spacial score (nSPS) is 19.7. The summed E-state index contributed by atoms with van der Waals surface area (Å²) in [6.45, 7) is 6.47. The SMILES string of the molecule is CCC(=O)C1CCCN1c1nc(C)nc(C)n1. The van der Waals surface area contributed by atoms with Gasteiger partial charge in [-0.2, -0.15) is 9.97 Å². The van der Waals surface area contributed by atoms with E-state index in [1.54, 1.807) is 0 Å². The Balaban J connectivity index is 2.28. The molecule has 1 aromatic rings. The molecule has 17 heavy (non-hydrogen) atoms. The molecule has 1 aromatic heterocycles. The van der Waals surface area contributed by atoms with Gasteiger partial charge in [0.25, 0.3) is 0 Å². The third kappa shape index (κ3) is 2.43. The lowest BCUT2D eigenvalue weighted by atomic mass is 10.1. The van der Waals surface area contributed by atoms with Crippen molar-refractivity contribution in [2.24, 2.45) is 0 Å². The molecule has 2 heterocycles. The fourth-order valence-electron chi connectivity index (χ4n) is 2.30. The van der Waals surface area contributed by atoms with Gasteiger partial charge in [-0.3, -0.25) is 4.79 Å². The predicted molar refractivity (Wildman–Crippen MR) is 65.0 cm³/mol. The average molecular weight is 234 g/mol. The van der Waals surface area contributed by atoms with Crippen LogP contribution in [0.15, 0.2) is 0 Å².